The first-order valence-electron chi connectivity index (χ1n) is 9.19. The van der Waals surface area contributed by atoms with Crippen LogP contribution in [0.1, 0.15) is 26.3 Å². The zero-order valence-corrected chi connectivity index (χ0v) is 15.8. The van der Waals surface area contributed by atoms with Crippen LogP contribution in [0, 0.1) is 6.92 Å². The van der Waals surface area contributed by atoms with Crippen LogP contribution in [0.25, 0.3) is 22.2 Å². The molecule has 5 nitrogen and oxygen atoms in total. The Morgan fingerprint density at radius 2 is 1.59 bits per heavy atom. The first kappa shape index (κ1) is 18.4. The molecule has 0 bridgehead atoms. The van der Waals surface area contributed by atoms with Gasteiger partial charge in [-0.15, -0.1) is 0 Å². The van der Waals surface area contributed by atoms with Crippen LogP contribution in [-0.4, -0.2) is 16.8 Å². The molecule has 4 rings (SSSR count). The summed E-state index contributed by atoms with van der Waals surface area (Å²) < 4.78 is 0. The number of anilines is 1. The average Bonchev–Trinajstić information content (AvgIpc) is 2.74. The van der Waals surface area contributed by atoms with E-state index in [0.29, 0.717) is 16.8 Å². The van der Waals surface area contributed by atoms with Crippen molar-refractivity contribution in [1.29, 1.82) is 0 Å². The standard InChI is InChI=1S/C24H19N3O2/c1-15-6-8-16(9-7-15)22-14-20(19-4-2-3-5-21(19)27-22)24(29)26-18-12-10-17(11-13-18)23(25)28/h2-14H,1H3,(H2,25,28)(H,26,29). The van der Waals surface area contributed by atoms with E-state index in [-0.39, 0.29) is 5.91 Å². The van der Waals surface area contributed by atoms with Crippen molar-refractivity contribution in [2.24, 2.45) is 5.73 Å². The van der Waals surface area contributed by atoms with Crippen LogP contribution in [0.15, 0.2) is 78.9 Å². The summed E-state index contributed by atoms with van der Waals surface area (Å²) in [5.74, 6) is -0.755. The second-order valence-electron chi connectivity index (χ2n) is 6.83. The molecule has 0 aliphatic carbocycles. The van der Waals surface area contributed by atoms with E-state index < -0.39 is 5.91 Å². The van der Waals surface area contributed by atoms with Gasteiger partial charge in [-0.1, -0.05) is 48.0 Å². The predicted octanol–water partition coefficient (Wildman–Crippen LogP) is 4.56. The van der Waals surface area contributed by atoms with Crippen LogP contribution >= 0.6 is 0 Å². The Labute approximate surface area is 168 Å². The van der Waals surface area contributed by atoms with Gasteiger partial charge in [-0.2, -0.15) is 0 Å². The lowest BCUT2D eigenvalue weighted by Crippen LogP contribution is -2.14. The number of benzene rings is 3. The third-order valence-electron chi connectivity index (χ3n) is 4.74. The number of aryl methyl sites for hydroxylation is 1. The summed E-state index contributed by atoms with van der Waals surface area (Å²) in [7, 11) is 0. The molecule has 0 fully saturated rings. The summed E-state index contributed by atoms with van der Waals surface area (Å²) in [6, 6.07) is 23.9. The van der Waals surface area contributed by atoms with E-state index >= 15 is 0 Å². The number of carbonyl (C=O) groups excluding carboxylic acids is 2. The fraction of sp³-hybridized carbons (Fsp3) is 0.0417. The van der Waals surface area contributed by atoms with E-state index in [2.05, 4.69) is 5.32 Å². The Morgan fingerprint density at radius 1 is 0.897 bits per heavy atom. The third-order valence-corrected chi connectivity index (χ3v) is 4.74. The van der Waals surface area contributed by atoms with Crippen molar-refractivity contribution in [2.45, 2.75) is 6.92 Å². The van der Waals surface area contributed by atoms with E-state index in [1.54, 1.807) is 30.3 Å². The third kappa shape index (κ3) is 3.84. The van der Waals surface area contributed by atoms with Crippen molar-refractivity contribution >= 4 is 28.4 Å². The Hall–Kier alpha value is -3.99. The summed E-state index contributed by atoms with van der Waals surface area (Å²) in [4.78, 5) is 29.0. The molecule has 0 aliphatic rings. The number of nitrogens with zero attached hydrogens (tertiary/aromatic N) is 1. The number of pyridine rings is 1. The minimum atomic E-state index is -0.509. The van der Waals surface area contributed by atoms with Crippen LogP contribution in [0.2, 0.25) is 0 Å². The first-order chi connectivity index (χ1) is 14.0. The molecule has 0 radical (unpaired) electrons. The van der Waals surface area contributed by atoms with Crippen LogP contribution in [0.5, 0.6) is 0 Å². The van der Waals surface area contributed by atoms with Gasteiger partial charge < -0.3 is 11.1 Å². The summed E-state index contributed by atoms with van der Waals surface area (Å²) in [6.45, 7) is 2.03. The maximum absolute atomic E-state index is 13.1. The predicted molar refractivity (Wildman–Crippen MR) is 115 cm³/mol. The molecule has 0 saturated carbocycles. The maximum atomic E-state index is 13.1. The SMILES string of the molecule is Cc1ccc(-c2cc(C(=O)Nc3ccc(C(N)=O)cc3)c3ccccc3n2)cc1. The summed E-state index contributed by atoms with van der Waals surface area (Å²) >= 11 is 0. The number of fused-ring (bicyclic) bond motifs is 1. The van der Waals surface area contributed by atoms with Crippen molar-refractivity contribution in [3.63, 3.8) is 0 Å². The minimum Gasteiger partial charge on any atom is -0.366 e. The molecule has 0 spiro atoms. The molecule has 5 heteroatoms. The monoisotopic (exact) mass is 381 g/mol. The molecule has 142 valence electrons. The van der Waals surface area contributed by atoms with Crippen molar-refractivity contribution in [3.05, 3.63) is 95.6 Å². The number of para-hydroxylation sites is 1. The highest BCUT2D eigenvalue weighted by atomic mass is 16.2. The van der Waals surface area contributed by atoms with Gasteiger partial charge in [-0.25, -0.2) is 4.98 Å². The van der Waals surface area contributed by atoms with E-state index in [4.69, 9.17) is 10.7 Å². The lowest BCUT2D eigenvalue weighted by molar-refractivity contribution is 0.0998. The van der Waals surface area contributed by atoms with E-state index in [9.17, 15) is 9.59 Å². The van der Waals surface area contributed by atoms with Crippen LogP contribution < -0.4 is 11.1 Å². The number of primary amides is 1. The Bertz CT molecular complexity index is 1210. The van der Waals surface area contributed by atoms with Crippen molar-refractivity contribution < 1.29 is 9.59 Å². The topological polar surface area (TPSA) is 85.1 Å². The summed E-state index contributed by atoms with van der Waals surface area (Å²) in [5, 5.41) is 3.66. The number of rotatable bonds is 4. The molecule has 3 N–H and O–H groups in total. The summed E-state index contributed by atoms with van der Waals surface area (Å²) in [6.07, 6.45) is 0. The lowest BCUT2D eigenvalue weighted by atomic mass is 10.0. The van der Waals surface area contributed by atoms with Gasteiger partial charge in [-0.05, 0) is 43.3 Å². The Kier molecular flexibility index (Phi) is 4.79. The number of hydrogen-bond acceptors (Lipinski definition) is 3. The van der Waals surface area contributed by atoms with Gasteiger partial charge in [0.05, 0.1) is 16.8 Å². The van der Waals surface area contributed by atoms with Crippen LogP contribution in [-0.2, 0) is 0 Å². The molecule has 1 heterocycles. The van der Waals surface area contributed by atoms with Gasteiger partial charge >= 0.3 is 0 Å². The molecular weight excluding hydrogens is 362 g/mol. The molecule has 3 aromatic carbocycles. The Morgan fingerprint density at radius 3 is 2.28 bits per heavy atom. The number of carbonyl (C=O) groups is 2. The average molecular weight is 381 g/mol. The highest BCUT2D eigenvalue weighted by Gasteiger charge is 2.14. The molecule has 29 heavy (non-hydrogen) atoms. The minimum absolute atomic E-state index is 0.246. The van der Waals surface area contributed by atoms with Gasteiger partial charge in [0.15, 0.2) is 0 Å². The fourth-order valence-electron chi connectivity index (χ4n) is 3.15. The number of aromatic nitrogens is 1. The van der Waals surface area contributed by atoms with Gasteiger partial charge in [0.25, 0.3) is 5.91 Å². The molecule has 0 unspecified atom stereocenters. The van der Waals surface area contributed by atoms with Gasteiger partial charge in [-0.3, -0.25) is 9.59 Å². The molecular formula is C24H19N3O2. The van der Waals surface area contributed by atoms with E-state index in [0.717, 1.165) is 27.7 Å². The smallest absolute Gasteiger partial charge is 0.256 e. The molecule has 2 amide bonds. The van der Waals surface area contributed by atoms with Crippen molar-refractivity contribution in [1.82, 2.24) is 4.98 Å². The van der Waals surface area contributed by atoms with E-state index in [1.807, 2.05) is 55.5 Å². The number of nitrogens with one attached hydrogen (secondary N) is 1. The van der Waals surface area contributed by atoms with Crippen LogP contribution in [0.4, 0.5) is 5.69 Å². The second kappa shape index (κ2) is 7.56. The quantitative estimate of drug-likeness (QED) is 0.543. The molecule has 0 atom stereocenters. The van der Waals surface area contributed by atoms with Gasteiger partial charge in [0.1, 0.15) is 0 Å². The Balaban J connectivity index is 1.74. The molecule has 4 aromatic rings. The van der Waals surface area contributed by atoms with Crippen molar-refractivity contribution in [3.8, 4) is 11.3 Å². The first-order valence-corrected chi connectivity index (χ1v) is 9.19. The maximum Gasteiger partial charge on any atom is 0.256 e. The van der Waals surface area contributed by atoms with Gasteiger partial charge in [0.2, 0.25) is 5.91 Å². The fourth-order valence-corrected chi connectivity index (χ4v) is 3.15. The van der Waals surface area contributed by atoms with E-state index in [1.165, 1.54) is 0 Å². The largest absolute Gasteiger partial charge is 0.366 e. The highest BCUT2D eigenvalue weighted by molar-refractivity contribution is 6.13. The number of amides is 2. The number of nitrogens with two attached hydrogens (primary N) is 1. The zero-order valence-electron chi connectivity index (χ0n) is 15.8. The molecule has 0 saturated heterocycles. The normalized spacial score (nSPS) is 10.7. The molecule has 0 aliphatic heterocycles. The van der Waals surface area contributed by atoms with Gasteiger partial charge in [0, 0.05) is 22.2 Å². The van der Waals surface area contributed by atoms with Crippen molar-refractivity contribution in [2.75, 3.05) is 5.32 Å². The lowest BCUT2D eigenvalue weighted by Gasteiger charge is -2.11. The van der Waals surface area contributed by atoms with Crippen LogP contribution in [0.3, 0.4) is 0 Å². The summed E-state index contributed by atoms with van der Waals surface area (Å²) in [5.41, 5.74) is 10.4. The number of hydrogen-bond donors (Lipinski definition) is 2. The molecule has 1 aromatic heterocycles. The highest BCUT2D eigenvalue weighted by Crippen LogP contribution is 2.26. The second-order valence-corrected chi connectivity index (χ2v) is 6.83. The zero-order chi connectivity index (χ0) is 20.4.